The smallest absolute Gasteiger partial charge is 0.368 e. The molecule has 2 fully saturated rings. The van der Waals surface area contributed by atoms with E-state index in [1.165, 1.54) is 0 Å². The molecular weight excluding hydrogens is 453 g/mol. The lowest BCUT2D eigenvalue weighted by Gasteiger charge is -2.39. The second kappa shape index (κ2) is 9.46. The summed E-state index contributed by atoms with van der Waals surface area (Å²) in [5.41, 5.74) is -4.05. The van der Waals surface area contributed by atoms with Crippen LogP contribution in [0.5, 0.6) is 0 Å². The van der Waals surface area contributed by atoms with Crippen LogP contribution in [-0.4, -0.2) is 51.2 Å². The lowest BCUT2D eigenvalue weighted by molar-refractivity contribution is -0.248. The maximum atomic E-state index is 13.0. The molecular formula is C21H21F3O7S. The number of hydrogen-bond donors (Lipinski definition) is 0. The predicted octanol–water partition coefficient (Wildman–Crippen LogP) is 3.15. The molecule has 2 aromatic carbocycles. The summed E-state index contributed by atoms with van der Waals surface area (Å²) in [4.78, 5) is 0. The summed E-state index contributed by atoms with van der Waals surface area (Å²) in [5, 5.41) is 0. The van der Waals surface area contributed by atoms with E-state index < -0.39 is 46.3 Å². The average molecular weight is 474 g/mol. The number of benzene rings is 2. The van der Waals surface area contributed by atoms with Crippen molar-refractivity contribution in [3.8, 4) is 0 Å². The fourth-order valence-electron chi connectivity index (χ4n) is 3.56. The first kappa shape index (κ1) is 23.1. The van der Waals surface area contributed by atoms with Crippen LogP contribution in [0.25, 0.3) is 0 Å². The highest BCUT2D eigenvalue weighted by Gasteiger charge is 2.58. The first-order valence-corrected chi connectivity index (χ1v) is 11.2. The number of fused-ring (bicyclic) bond motifs is 2. The van der Waals surface area contributed by atoms with Crippen molar-refractivity contribution in [2.24, 2.45) is 0 Å². The first-order valence-electron chi connectivity index (χ1n) is 9.82. The lowest BCUT2D eigenvalue weighted by atomic mass is 10.0. The molecule has 5 atom stereocenters. The van der Waals surface area contributed by atoms with Crippen LogP contribution in [0.15, 0.2) is 60.7 Å². The third-order valence-electron chi connectivity index (χ3n) is 5.11. The van der Waals surface area contributed by atoms with Gasteiger partial charge in [0.15, 0.2) is 12.4 Å². The van der Waals surface area contributed by atoms with Crippen molar-refractivity contribution >= 4 is 10.1 Å². The van der Waals surface area contributed by atoms with Crippen LogP contribution in [-0.2, 0) is 46.5 Å². The van der Waals surface area contributed by atoms with Gasteiger partial charge in [-0.1, -0.05) is 60.7 Å². The Labute approximate surface area is 183 Å². The van der Waals surface area contributed by atoms with Gasteiger partial charge >= 0.3 is 15.6 Å². The summed E-state index contributed by atoms with van der Waals surface area (Å²) >= 11 is 0. The zero-order valence-corrected chi connectivity index (χ0v) is 17.5. The highest BCUT2D eigenvalue weighted by Crippen LogP contribution is 2.37. The van der Waals surface area contributed by atoms with Crippen LogP contribution in [0.1, 0.15) is 11.1 Å². The lowest BCUT2D eigenvalue weighted by Crippen LogP contribution is -2.58. The van der Waals surface area contributed by atoms with Gasteiger partial charge in [0, 0.05) is 0 Å². The maximum Gasteiger partial charge on any atom is 0.523 e. The Balaban J connectivity index is 1.58. The third-order valence-corrected chi connectivity index (χ3v) is 6.15. The van der Waals surface area contributed by atoms with E-state index >= 15 is 0 Å². The summed E-state index contributed by atoms with van der Waals surface area (Å²) in [6.45, 7) is 0.114. The molecule has 4 rings (SSSR count). The van der Waals surface area contributed by atoms with E-state index in [1.807, 2.05) is 30.3 Å². The van der Waals surface area contributed by atoms with Gasteiger partial charge in [0.05, 0.1) is 19.8 Å². The van der Waals surface area contributed by atoms with Gasteiger partial charge < -0.3 is 18.9 Å². The fraction of sp³-hybridized carbons (Fsp3) is 0.429. The van der Waals surface area contributed by atoms with Crippen LogP contribution in [0.3, 0.4) is 0 Å². The molecule has 0 amide bonds. The third kappa shape index (κ3) is 5.13. The van der Waals surface area contributed by atoms with E-state index in [-0.39, 0.29) is 19.8 Å². The van der Waals surface area contributed by atoms with E-state index in [0.29, 0.717) is 0 Å². The molecule has 2 saturated heterocycles. The van der Waals surface area contributed by atoms with Crippen molar-refractivity contribution in [3.05, 3.63) is 71.8 Å². The molecule has 2 aliphatic heterocycles. The van der Waals surface area contributed by atoms with Gasteiger partial charge in [-0.25, -0.2) is 0 Å². The van der Waals surface area contributed by atoms with Crippen LogP contribution in [0.4, 0.5) is 13.2 Å². The molecule has 0 aliphatic carbocycles. The van der Waals surface area contributed by atoms with Gasteiger partial charge in [-0.15, -0.1) is 0 Å². The van der Waals surface area contributed by atoms with Crippen LogP contribution >= 0.6 is 0 Å². The Morgan fingerprint density at radius 1 is 0.844 bits per heavy atom. The summed E-state index contributed by atoms with van der Waals surface area (Å²) in [5.74, 6) is 0. The second-order valence-corrected chi connectivity index (χ2v) is 8.92. The Morgan fingerprint density at radius 3 is 1.91 bits per heavy atom. The molecule has 2 bridgehead atoms. The minimum absolute atomic E-state index is 0.00124. The molecule has 32 heavy (non-hydrogen) atoms. The monoisotopic (exact) mass is 474 g/mol. The zero-order chi connectivity index (χ0) is 22.8. The number of alkyl halides is 3. The molecule has 0 unspecified atom stereocenters. The largest absolute Gasteiger partial charge is 0.523 e. The topological polar surface area (TPSA) is 80.3 Å². The standard InChI is InChI=1S/C21H21F3O7S/c22-21(23,24)32(25,26)31-19-18(28-12-15-9-5-2-6-10-15)17(16-13-29-20(19)30-16)27-11-14-7-3-1-4-8-14/h1-10,16-20H,11-13H2/t16-,17-,18+,19-,20-/m1/s1. The van der Waals surface area contributed by atoms with Crippen molar-refractivity contribution in [2.75, 3.05) is 6.61 Å². The minimum atomic E-state index is -5.92. The maximum absolute atomic E-state index is 13.0. The molecule has 0 aromatic heterocycles. The summed E-state index contributed by atoms with van der Waals surface area (Å²) in [6.07, 6.45) is -5.81. The van der Waals surface area contributed by atoms with E-state index in [2.05, 4.69) is 4.18 Å². The van der Waals surface area contributed by atoms with Crippen LogP contribution in [0.2, 0.25) is 0 Å². The van der Waals surface area contributed by atoms with Crippen molar-refractivity contribution < 1.29 is 44.7 Å². The molecule has 2 aromatic rings. The van der Waals surface area contributed by atoms with E-state index in [0.717, 1.165) is 11.1 Å². The van der Waals surface area contributed by atoms with Crippen LogP contribution < -0.4 is 0 Å². The molecule has 0 saturated carbocycles. The van der Waals surface area contributed by atoms with Gasteiger partial charge in [0.2, 0.25) is 0 Å². The Morgan fingerprint density at radius 2 is 1.38 bits per heavy atom. The minimum Gasteiger partial charge on any atom is -0.368 e. The summed E-state index contributed by atoms with van der Waals surface area (Å²) in [7, 11) is -5.92. The summed E-state index contributed by atoms with van der Waals surface area (Å²) in [6, 6.07) is 18.0. The molecule has 11 heteroatoms. The molecule has 0 N–H and O–H groups in total. The SMILES string of the molecule is O=S(=O)(O[C@H]1[C@@H]2OC[C@@H](O2)[C@@H](OCc2ccccc2)[C@@H]1OCc1ccccc1)C(F)(F)F. The molecule has 7 nitrogen and oxygen atoms in total. The van der Waals surface area contributed by atoms with Crippen molar-refractivity contribution in [3.63, 3.8) is 0 Å². The molecule has 2 aliphatic rings. The van der Waals surface area contributed by atoms with Gasteiger partial charge in [-0.3, -0.25) is 4.18 Å². The average Bonchev–Trinajstić information content (AvgIpc) is 3.20. The van der Waals surface area contributed by atoms with Gasteiger partial charge in [0.25, 0.3) is 0 Å². The Bertz CT molecular complexity index is 985. The predicted molar refractivity (Wildman–Crippen MR) is 104 cm³/mol. The molecule has 174 valence electrons. The number of halogens is 3. The quantitative estimate of drug-likeness (QED) is 0.430. The van der Waals surface area contributed by atoms with E-state index in [1.54, 1.807) is 30.3 Å². The van der Waals surface area contributed by atoms with Crippen molar-refractivity contribution in [1.82, 2.24) is 0 Å². The summed E-state index contributed by atoms with van der Waals surface area (Å²) < 4.78 is 89.8. The number of rotatable bonds is 8. The number of hydrogen-bond acceptors (Lipinski definition) is 7. The molecule has 0 radical (unpaired) electrons. The van der Waals surface area contributed by atoms with E-state index in [9.17, 15) is 21.6 Å². The molecule has 2 heterocycles. The van der Waals surface area contributed by atoms with Gasteiger partial charge in [-0.2, -0.15) is 21.6 Å². The Hall–Kier alpha value is -2.02. The van der Waals surface area contributed by atoms with Gasteiger partial charge in [0.1, 0.15) is 18.3 Å². The van der Waals surface area contributed by atoms with E-state index in [4.69, 9.17) is 18.9 Å². The Kier molecular flexibility index (Phi) is 6.84. The highest BCUT2D eigenvalue weighted by atomic mass is 32.2. The van der Waals surface area contributed by atoms with Crippen LogP contribution in [0, 0.1) is 0 Å². The normalized spacial score (nSPS) is 28.0. The second-order valence-electron chi connectivity index (χ2n) is 7.36. The number of ether oxygens (including phenoxy) is 4. The highest BCUT2D eigenvalue weighted by molar-refractivity contribution is 7.87. The van der Waals surface area contributed by atoms with Gasteiger partial charge in [-0.05, 0) is 11.1 Å². The first-order chi connectivity index (χ1) is 15.2. The van der Waals surface area contributed by atoms with Crippen molar-refractivity contribution in [2.45, 2.75) is 49.4 Å². The van der Waals surface area contributed by atoms with Crippen molar-refractivity contribution in [1.29, 1.82) is 0 Å². The molecule has 0 spiro atoms. The zero-order valence-electron chi connectivity index (χ0n) is 16.7. The fourth-order valence-corrected chi connectivity index (χ4v) is 4.17.